The Kier molecular flexibility index (Phi) is 10.8. The molecule has 0 aromatic heterocycles. The molecule has 0 saturated carbocycles. The van der Waals surface area contributed by atoms with Crippen LogP contribution in [0, 0.1) is 24.1 Å². The van der Waals surface area contributed by atoms with Crippen molar-refractivity contribution in [3.63, 3.8) is 0 Å². The molecule has 7 heteroatoms. The molecule has 6 nitrogen and oxygen atoms in total. The van der Waals surface area contributed by atoms with Gasteiger partial charge in [0.05, 0.1) is 18.2 Å². The van der Waals surface area contributed by atoms with E-state index in [1.54, 1.807) is 6.07 Å². The van der Waals surface area contributed by atoms with Crippen molar-refractivity contribution in [3.8, 4) is 17.6 Å². The van der Waals surface area contributed by atoms with Gasteiger partial charge in [-0.05, 0) is 68.0 Å². The zero-order valence-corrected chi connectivity index (χ0v) is 21.0. The molecular weight excluding hydrogens is 445 g/mol. The maximum absolute atomic E-state index is 13.5. The Labute approximate surface area is 208 Å². The summed E-state index contributed by atoms with van der Waals surface area (Å²) in [7, 11) is 0. The Morgan fingerprint density at radius 2 is 1.71 bits per heavy atom. The molecule has 1 N–H and O–H groups in total. The second-order valence-corrected chi connectivity index (χ2v) is 9.13. The molecule has 0 spiro atoms. The topological polar surface area (TPSA) is 69.0 Å². The van der Waals surface area contributed by atoms with Crippen LogP contribution in [0.15, 0.2) is 36.4 Å². The molecule has 1 heterocycles. The number of benzene rings is 2. The molecule has 35 heavy (non-hydrogen) atoms. The quantitative estimate of drug-likeness (QED) is 0.457. The van der Waals surface area contributed by atoms with Crippen molar-refractivity contribution in [2.45, 2.75) is 39.0 Å². The molecule has 0 amide bonds. The monoisotopic (exact) mass is 483 g/mol. The first-order valence-electron chi connectivity index (χ1n) is 12.7. The minimum atomic E-state index is -0.390. The highest BCUT2D eigenvalue weighted by Gasteiger charge is 2.18. The maximum Gasteiger partial charge on any atom is 0.164 e. The van der Waals surface area contributed by atoms with Crippen molar-refractivity contribution in [1.29, 1.82) is 5.26 Å². The Hall–Kier alpha value is -2.66. The van der Waals surface area contributed by atoms with E-state index in [4.69, 9.17) is 19.8 Å². The first kappa shape index (κ1) is 26.9. The molecule has 1 fully saturated rings. The van der Waals surface area contributed by atoms with Gasteiger partial charge in [-0.15, -0.1) is 0 Å². The number of aryl methyl sites for hydroxylation is 1. The number of piperazine rings is 1. The van der Waals surface area contributed by atoms with Gasteiger partial charge in [-0.3, -0.25) is 4.90 Å². The lowest BCUT2D eigenvalue weighted by Gasteiger charge is -2.34. The Bertz CT molecular complexity index is 970. The molecule has 1 aliphatic rings. The molecule has 0 aliphatic carbocycles. The molecular formula is C28H38FN3O3. The second kappa shape index (κ2) is 14.0. The summed E-state index contributed by atoms with van der Waals surface area (Å²) in [6, 6.07) is 12.7. The number of ether oxygens (including phenoxy) is 2. The average molecular weight is 484 g/mol. The van der Waals surface area contributed by atoms with Crippen LogP contribution in [0.2, 0.25) is 0 Å². The van der Waals surface area contributed by atoms with Crippen LogP contribution in [0.3, 0.4) is 0 Å². The first-order chi connectivity index (χ1) is 17.0. The van der Waals surface area contributed by atoms with Crippen LogP contribution < -0.4 is 9.47 Å². The number of aliphatic hydroxyl groups excluding tert-OH is 1. The molecule has 190 valence electrons. The summed E-state index contributed by atoms with van der Waals surface area (Å²) in [6.45, 7) is 10.8. The lowest BCUT2D eigenvalue weighted by molar-refractivity contribution is 0.114. The zero-order chi connectivity index (χ0) is 25.0. The summed E-state index contributed by atoms with van der Waals surface area (Å²) in [5.41, 5.74) is 3.18. The molecule has 3 rings (SSSR count). The second-order valence-electron chi connectivity index (χ2n) is 9.13. The minimum absolute atomic E-state index is 0.105. The third-order valence-electron chi connectivity index (χ3n) is 6.75. The Morgan fingerprint density at radius 1 is 1.00 bits per heavy atom. The molecule has 1 aliphatic heterocycles. The van der Waals surface area contributed by atoms with E-state index in [0.717, 1.165) is 63.2 Å². The molecule has 0 radical (unpaired) electrons. The van der Waals surface area contributed by atoms with Gasteiger partial charge in [0, 0.05) is 38.8 Å². The third-order valence-corrected chi connectivity index (χ3v) is 6.75. The van der Waals surface area contributed by atoms with E-state index >= 15 is 0 Å². The fourth-order valence-electron chi connectivity index (χ4n) is 4.62. The highest BCUT2D eigenvalue weighted by molar-refractivity contribution is 5.41. The van der Waals surface area contributed by atoms with Crippen molar-refractivity contribution in [1.82, 2.24) is 9.80 Å². The van der Waals surface area contributed by atoms with Gasteiger partial charge in [-0.2, -0.15) is 5.26 Å². The fourth-order valence-corrected chi connectivity index (χ4v) is 4.62. The predicted octanol–water partition coefficient (Wildman–Crippen LogP) is 4.35. The van der Waals surface area contributed by atoms with Crippen molar-refractivity contribution in [3.05, 3.63) is 58.9 Å². The zero-order valence-electron chi connectivity index (χ0n) is 21.0. The van der Waals surface area contributed by atoms with Gasteiger partial charge >= 0.3 is 0 Å². The number of aliphatic hydroxyl groups is 1. The summed E-state index contributed by atoms with van der Waals surface area (Å²) < 4.78 is 24.7. The van der Waals surface area contributed by atoms with Crippen molar-refractivity contribution in [2.24, 2.45) is 0 Å². The smallest absolute Gasteiger partial charge is 0.164 e. The van der Waals surface area contributed by atoms with E-state index in [2.05, 4.69) is 34.9 Å². The SMILES string of the molecule is CCC(CCCN1CCN(CCOc2ccc(F)cc2OCCO)CC1)c1ccc(C#N)c(C)c1. The number of hydrogen-bond acceptors (Lipinski definition) is 6. The molecule has 1 atom stereocenters. The highest BCUT2D eigenvalue weighted by atomic mass is 19.1. The van der Waals surface area contributed by atoms with Gasteiger partial charge in [0.25, 0.3) is 0 Å². The van der Waals surface area contributed by atoms with Crippen molar-refractivity contribution in [2.75, 3.05) is 59.1 Å². The van der Waals surface area contributed by atoms with Crippen LogP contribution in [0.1, 0.15) is 48.8 Å². The van der Waals surface area contributed by atoms with E-state index in [1.165, 1.54) is 24.1 Å². The van der Waals surface area contributed by atoms with Gasteiger partial charge in [-0.25, -0.2) is 4.39 Å². The van der Waals surface area contributed by atoms with E-state index in [1.807, 2.05) is 13.0 Å². The number of rotatable bonds is 13. The van der Waals surface area contributed by atoms with Gasteiger partial charge in [0.2, 0.25) is 0 Å². The highest BCUT2D eigenvalue weighted by Crippen LogP contribution is 2.28. The lowest BCUT2D eigenvalue weighted by Crippen LogP contribution is -2.47. The van der Waals surface area contributed by atoms with Gasteiger partial charge in [0.15, 0.2) is 11.5 Å². The van der Waals surface area contributed by atoms with E-state index in [-0.39, 0.29) is 13.2 Å². The number of halogens is 1. The number of hydrogen-bond donors (Lipinski definition) is 1. The predicted molar refractivity (Wildman–Crippen MR) is 136 cm³/mol. The van der Waals surface area contributed by atoms with Crippen LogP contribution >= 0.6 is 0 Å². The average Bonchev–Trinajstić information content (AvgIpc) is 2.87. The molecule has 1 saturated heterocycles. The molecule has 1 unspecified atom stereocenters. The Balaban J connectivity index is 1.36. The summed E-state index contributed by atoms with van der Waals surface area (Å²) in [4.78, 5) is 4.93. The molecule has 0 bridgehead atoms. The summed E-state index contributed by atoms with van der Waals surface area (Å²) >= 11 is 0. The van der Waals surface area contributed by atoms with Crippen molar-refractivity contribution < 1.29 is 19.0 Å². The van der Waals surface area contributed by atoms with E-state index in [0.29, 0.717) is 24.0 Å². The van der Waals surface area contributed by atoms with Crippen LogP contribution in [0.5, 0.6) is 11.5 Å². The summed E-state index contributed by atoms with van der Waals surface area (Å²) in [5, 5.41) is 18.1. The maximum atomic E-state index is 13.5. The van der Waals surface area contributed by atoms with Crippen LogP contribution in [0.25, 0.3) is 0 Å². The van der Waals surface area contributed by atoms with Crippen LogP contribution in [-0.4, -0.2) is 74.0 Å². The van der Waals surface area contributed by atoms with Crippen LogP contribution in [0.4, 0.5) is 4.39 Å². The van der Waals surface area contributed by atoms with E-state index < -0.39 is 5.82 Å². The molecule has 2 aromatic carbocycles. The fraction of sp³-hybridized carbons (Fsp3) is 0.536. The third kappa shape index (κ3) is 8.21. The standard InChI is InChI=1S/C28H38FN3O3/c1-3-23(24-6-7-25(21-30)22(2)19-24)5-4-10-31-11-13-32(14-12-31)15-17-34-27-9-8-26(29)20-28(27)35-18-16-33/h6-9,19-20,23,33H,3-5,10-18H2,1-2H3. The van der Waals surface area contributed by atoms with Gasteiger partial charge in [-0.1, -0.05) is 19.1 Å². The number of nitrogens with zero attached hydrogens (tertiary/aromatic N) is 3. The summed E-state index contributed by atoms with van der Waals surface area (Å²) in [5.74, 6) is 0.975. The van der Waals surface area contributed by atoms with Crippen LogP contribution in [-0.2, 0) is 0 Å². The normalized spacial score (nSPS) is 15.5. The summed E-state index contributed by atoms with van der Waals surface area (Å²) in [6.07, 6.45) is 3.44. The van der Waals surface area contributed by atoms with Gasteiger partial charge < -0.3 is 19.5 Å². The Morgan fingerprint density at radius 3 is 2.37 bits per heavy atom. The minimum Gasteiger partial charge on any atom is -0.488 e. The number of nitriles is 1. The lowest BCUT2D eigenvalue weighted by atomic mass is 9.90. The van der Waals surface area contributed by atoms with Gasteiger partial charge in [0.1, 0.15) is 19.0 Å². The van der Waals surface area contributed by atoms with Crippen molar-refractivity contribution >= 4 is 0 Å². The van der Waals surface area contributed by atoms with E-state index in [9.17, 15) is 4.39 Å². The molecule has 2 aromatic rings. The first-order valence-corrected chi connectivity index (χ1v) is 12.7. The largest absolute Gasteiger partial charge is 0.488 e.